The first-order chi connectivity index (χ1) is 10.9. The summed E-state index contributed by atoms with van der Waals surface area (Å²) in [4.78, 5) is 30.1. The van der Waals surface area contributed by atoms with Crippen molar-refractivity contribution < 1.29 is 14.1 Å². The molecule has 8 heteroatoms. The van der Waals surface area contributed by atoms with Crippen LogP contribution >= 0.6 is 11.6 Å². The van der Waals surface area contributed by atoms with Crippen LogP contribution in [0.2, 0.25) is 5.02 Å². The van der Waals surface area contributed by atoms with Gasteiger partial charge in [-0.1, -0.05) is 35.8 Å². The SMILES string of the molecule is CCc1noc(CN2C(=O)N[C@](C)(c3ccc(Cl)cc3)C2=O)n1. The van der Waals surface area contributed by atoms with E-state index in [-0.39, 0.29) is 18.3 Å². The molecule has 0 radical (unpaired) electrons. The minimum absolute atomic E-state index is 0.0547. The highest BCUT2D eigenvalue weighted by molar-refractivity contribution is 6.30. The number of aryl methyl sites for hydroxylation is 1. The number of aromatic nitrogens is 2. The van der Waals surface area contributed by atoms with Crippen LogP contribution in [-0.2, 0) is 23.3 Å². The predicted molar refractivity (Wildman–Crippen MR) is 81.6 cm³/mol. The highest BCUT2D eigenvalue weighted by Gasteiger charge is 2.49. The number of hydrogen-bond donors (Lipinski definition) is 1. The van der Waals surface area contributed by atoms with Crippen molar-refractivity contribution in [1.29, 1.82) is 0 Å². The number of nitrogens with zero attached hydrogens (tertiary/aromatic N) is 3. The zero-order chi connectivity index (χ0) is 16.6. The third kappa shape index (κ3) is 2.68. The normalized spacial score (nSPS) is 20.9. The van der Waals surface area contributed by atoms with Crippen molar-refractivity contribution in [1.82, 2.24) is 20.4 Å². The molecule has 23 heavy (non-hydrogen) atoms. The smallest absolute Gasteiger partial charge is 0.325 e. The van der Waals surface area contributed by atoms with Gasteiger partial charge in [0.05, 0.1) is 0 Å². The van der Waals surface area contributed by atoms with Crippen molar-refractivity contribution in [2.75, 3.05) is 0 Å². The number of benzene rings is 1. The molecule has 0 aliphatic carbocycles. The van der Waals surface area contributed by atoms with E-state index in [1.807, 2.05) is 6.92 Å². The van der Waals surface area contributed by atoms with Crippen molar-refractivity contribution in [3.63, 3.8) is 0 Å². The lowest BCUT2D eigenvalue weighted by atomic mass is 9.92. The van der Waals surface area contributed by atoms with Crippen LogP contribution in [0.25, 0.3) is 0 Å². The number of rotatable bonds is 4. The fraction of sp³-hybridized carbons (Fsp3) is 0.333. The first-order valence-electron chi connectivity index (χ1n) is 7.15. The molecule has 0 spiro atoms. The molecule has 1 atom stereocenters. The molecule has 7 nitrogen and oxygen atoms in total. The van der Waals surface area contributed by atoms with Crippen molar-refractivity contribution in [2.24, 2.45) is 0 Å². The molecule has 0 unspecified atom stereocenters. The second-order valence-electron chi connectivity index (χ2n) is 5.41. The molecule has 2 heterocycles. The molecule has 1 N–H and O–H groups in total. The lowest BCUT2D eigenvalue weighted by Gasteiger charge is -2.22. The lowest BCUT2D eigenvalue weighted by Crippen LogP contribution is -2.40. The van der Waals surface area contributed by atoms with Crippen molar-refractivity contribution >= 4 is 23.5 Å². The molecule has 3 rings (SSSR count). The second kappa shape index (κ2) is 5.66. The number of carbonyl (C=O) groups is 2. The zero-order valence-electron chi connectivity index (χ0n) is 12.7. The number of hydrogen-bond acceptors (Lipinski definition) is 5. The summed E-state index contributed by atoms with van der Waals surface area (Å²) in [6.45, 7) is 3.49. The standard InChI is InChI=1S/C15H15ClN4O3/c1-3-11-17-12(23-19-11)8-20-13(21)15(2,18-14(20)22)9-4-6-10(16)7-5-9/h4-7H,3,8H2,1-2H3,(H,18,22)/t15-/m1/s1. The molecule has 3 amide bonds. The summed E-state index contributed by atoms with van der Waals surface area (Å²) < 4.78 is 5.05. The average Bonchev–Trinajstić information content (AvgIpc) is 3.07. The molecule has 0 saturated carbocycles. The summed E-state index contributed by atoms with van der Waals surface area (Å²) in [6, 6.07) is 6.28. The molecule has 120 valence electrons. The van der Waals surface area contributed by atoms with Gasteiger partial charge >= 0.3 is 6.03 Å². The van der Waals surface area contributed by atoms with Crippen LogP contribution in [-0.4, -0.2) is 27.0 Å². The highest BCUT2D eigenvalue weighted by Crippen LogP contribution is 2.30. The van der Waals surface area contributed by atoms with Crippen molar-refractivity contribution in [3.8, 4) is 0 Å². The average molecular weight is 335 g/mol. The Morgan fingerprint density at radius 3 is 2.61 bits per heavy atom. The monoisotopic (exact) mass is 334 g/mol. The van der Waals surface area contributed by atoms with Crippen molar-refractivity contribution in [3.05, 3.63) is 46.6 Å². The molecule has 1 aliphatic heterocycles. The minimum atomic E-state index is -1.14. The van der Waals surface area contributed by atoms with Gasteiger partial charge in [0.2, 0.25) is 5.89 Å². The molecule has 2 aromatic rings. The van der Waals surface area contributed by atoms with Gasteiger partial charge in [-0.3, -0.25) is 9.69 Å². The van der Waals surface area contributed by atoms with E-state index < -0.39 is 11.6 Å². The molecule has 1 fully saturated rings. The maximum atomic E-state index is 12.7. The largest absolute Gasteiger partial charge is 0.337 e. The van der Waals surface area contributed by atoms with Crippen LogP contribution in [0.1, 0.15) is 31.1 Å². The zero-order valence-corrected chi connectivity index (χ0v) is 13.4. The number of nitrogens with one attached hydrogen (secondary N) is 1. The number of carbonyl (C=O) groups excluding carboxylic acids is 2. The van der Waals surface area contributed by atoms with E-state index in [1.165, 1.54) is 0 Å². The van der Waals surface area contributed by atoms with Crippen LogP contribution in [0.3, 0.4) is 0 Å². The molecular weight excluding hydrogens is 320 g/mol. The fourth-order valence-corrected chi connectivity index (χ4v) is 2.58. The van der Waals surface area contributed by atoms with E-state index in [0.717, 1.165) is 4.90 Å². The van der Waals surface area contributed by atoms with E-state index in [2.05, 4.69) is 15.5 Å². The van der Waals surface area contributed by atoms with Gasteiger partial charge in [0.15, 0.2) is 5.82 Å². The Morgan fingerprint density at radius 2 is 2.00 bits per heavy atom. The Morgan fingerprint density at radius 1 is 1.30 bits per heavy atom. The number of imide groups is 1. The van der Waals surface area contributed by atoms with Gasteiger partial charge < -0.3 is 9.84 Å². The maximum absolute atomic E-state index is 12.7. The van der Waals surface area contributed by atoms with E-state index in [4.69, 9.17) is 16.1 Å². The third-order valence-corrected chi connectivity index (χ3v) is 4.07. The summed E-state index contributed by atoms with van der Waals surface area (Å²) in [5.74, 6) is 0.388. The van der Waals surface area contributed by atoms with Crippen LogP contribution in [0.15, 0.2) is 28.8 Å². The summed E-state index contributed by atoms with van der Waals surface area (Å²) in [6.07, 6.45) is 0.617. The minimum Gasteiger partial charge on any atom is -0.337 e. The molecule has 0 bridgehead atoms. The van der Waals surface area contributed by atoms with E-state index in [9.17, 15) is 9.59 Å². The third-order valence-electron chi connectivity index (χ3n) is 3.82. The van der Waals surface area contributed by atoms with E-state index >= 15 is 0 Å². The Hall–Kier alpha value is -2.41. The summed E-state index contributed by atoms with van der Waals surface area (Å²) in [5.41, 5.74) is -0.488. The van der Waals surface area contributed by atoms with Crippen LogP contribution in [0.4, 0.5) is 4.79 Å². The molecule has 1 aromatic carbocycles. The Kier molecular flexibility index (Phi) is 3.81. The Balaban J connectivity index is 1.85. The highest BCUT2D eigenvalue weighted by atomic mass is 35.5. The van der Waals surface area contributed by atoms with Gasteiger partial charge in [0.25, 0.3) is 5.91 Å². The number of urea groups is 1. The quantitative estimate of drug-likeness (QED) is 0.866. The van der Waals surface area contributed by atoms with Crippen LogP contribution in [0.5, 0.6) is 0 Å². The van der Waals surface area contributed by atoms with E-state index in [1.54, 1.807) is 31.2 Å². The first kappa shape index (κ1) is 15.5. The maximum Gasteiger partial charge on any atom is 0.325 e. The molecule has 1 aliphatic rings. The summed E-state index contributed by atoms with van der Waals surface area (Å²) in [5, 5.41) is 7.03. The molecule has 1 saturated heterocycles. The van der Waals surface area contributed by atoms with Gasteiger partial charge in [0, 0.05) is 11.4 Å². The van der Waals surface area contributed by atoms with Gasteiger partial charge in [-0.25, -0.2) is 4.79 Å². The van der Waals surface area contributed by atoms with Crippen LogP contribution in [0, 0.1) is 0 Å². The Labute approximate surface area is 137 Å². The van der Waals surface area contributed by atoms with Gasteiger partial charge in [-0.15, -0.1) is 0 Å². The molecule has 1 aromatic heterocycles. The predicted octanol–water partition coefficient (Wildman–Crippen LogP) is 2.25. The van der Waals surface area contributed by atoms with Crippen LogP contribution < -0.4 is 5.32 Å². The lowest BCUT2D eigenvalue weighted by molar-refractivity contribution is -0.131. The summed E-state index contributed by atoms with van der Waals surface area (Å²) in [7, 11) is 0. The number of halogens is 1. The second-order valence-corrected chi connectivity index (χ2v) is 5.85. The van der Waals surface area contributed by atoms with Crippen molar-refractivity contribution in [2.45, 2.75) is 32.4 Å². The van der Waals surface area contributed by atoms with Gasteiger partial charge in [-0.2, -0.15) is 4.98 Å². The Bertz CT molecular complexity index is 758. The topological polar surface area (TPSA) is 88.3 Å². The number of amides is 3. The fourth-order valence-electron chi connectivity index (χ4n) is 2.45. The van der Waals surface area contributed by atoms with Gasteiger partial charge in [-0.05, 0) is 24.6 Å². The van der Waals surface area contributed by atoms with E-state index in [0.29, 0.717) is 22.8 Å². The molecular formula is C15H15ClN4O3. The van der Waals surface area contributed by atoms with Gasteiger partial charge in [0.1, 0.15) is 12.1 Å². The first-order valence-corrected chi connectivity index (χ1v) is 7.53. The summed E-state index contributed by atoms with van der Waals surface area (Å²) >= 11 is 5.87.